The van der Waals surface area contributed by atoms with E-state index >= 15 is 0 Å². The first kappa shape index (κ1) is 16.3. The van der Waals surface area contributed by atoms with E-state index in [9.17, 15) is 0 Å². The van der Waals surface area contributed by atoms with E-state index < -0.39 is 0 Å². The number of aromatic nitrogens is 2. The number of methoxy groups -OCH3 is 1. The highest BCUT2D eigenvalue weighted by atomic mass is 16.5. The van der Waals surface area contributed by atoms with Crippen LogP contribution in [0, 0.1) is 0 Å². The molecule has 0 bridgehead atoms. The van der Waals surface area contributed by atoms with E-state index in [1.165, 1.54) is 0 Å². The number of fused-ring (bicyclic) bond motifs is 2. The number of aromatic amines is 1. The fraction of sp³-hybridized carbons (Fsp3) is 0.0435. The maximum atomic E-state index is 6.16. The van der Waals surface area contributed by atoms with E-state index in [-0.39, 0.29) is 0 Å². The molecule has 0 aliphatic heterocycles. The van der Waals surface area contributed by atoms with Crippen LogP contribution in [0.2, 0.25) is 0 Å². The fourth-order valence-electron chi connectivity index (χ4n) is 3.19. The van der Waals surface area contributed by atoms with Crippen molar-refractivity contribution in [2.75, 3.05) is 7.11 Å². The van der Waals surface area contributed by atoms with Gasteiger partial charge in [-0.1, -0.05) is 30.3 Å². The minimum atomic E-state index is 0.503. The zero-order chi connectivity index (χ0) is 18.9. The van der Waals surface area contributed by atoms with E-state index in [1.807, 2.05) is 78.9 Å². The second-order valence-corrected chi connectivity index (χ2v) is 6.42. The first-order valence-corrected chi connectivity index (χ1v) is 8.97. The predicted octanol–water partition coefficient (Wildman–Crippen LogP) is 5.22. The molecule has 5 aromatic rings. The summed E-state index contributed by atoms with van der Waals surface area (Å²) in [5.41, 5.74) is 4.71. The summed E-state index contributed by atoms with van der Waals surface area (Å²) in [6.07, 6.45) is 0. The lowest BCUT2D eigenvalue weighted by atomic mass is 10.1. The van der Waals surface area contributed by atoms with Gasteiger partial charge in [0.2, 0.25) is 5.55 Å². The summed E-state index contributed by atoms with van der Waals surface area (Å²) >= 11 is 0. The summed E-state index contributed by atoms with van der Waals surface area (Å²) in [5, 5.41) is 0.918. The Kier molecular flexibility index (Phi) is 3.91. The van der Waals surface area contributed by atoms with Gasteiger partial charge in [-0.2, -0.15) is 0 Å². The largest absolute Gasteiger partial charge is 0.497 e. The van der Waals surface area contributed by atoms with Crippen LogP contribution in [0.4, 0.5) is 5.69 Å². The van der Waals surface area contributed by atoms with E-state index in [1.54, 1.807) is 7.11 Å². The third-order valence-electron chi connectivity index (χ3n) is 4.59. The van der Waals surface area contributed by atoms with Gasteiger partial charge in [0.05, 0.1) is 29.4 Å². The first-order valence-electron chi connectivity index (χ1n) is 8.97. The minimum absolute atomic E-state index is 0.503. The smallest absolute Gasteiger partial charge is 0.230 e. The summed E-state index contributed by atoms with van der Waals surface area (Å²) in [7, 11) is 1.65. The van der Waals surface area contributed by atoms with Crippen LogP contribution in [-0.2, 0) is 0 Å². The van der Waals surface area contributed by atoms with Crippen molar-refractivity contribution in [1.82, 2.24) is 9.97 Å². The Hall–Kier alpha value is -3.86. The van der Waals surface area contributed by atoms with Gasteiger partial charge in [-0.15, -0.1) is 0 Å². The summed E-state index contributed by atoms with van der Waals surface area (Å²) in [5.74, 6) is 1.48. The minimum Gasteiger partial charge on any atom is -0.497 e. The average molecular weight is 367 g/mol. The molecular weight excluding hydrogens is 350 g/mol. The van der Waals surface area contributed by atoms with Crippen LogP contribution in [0.5, 0.6) is 5.75 Å². The van der Waals surface area contributed by atoms with Crippen LogP contribution >= 0.6 is 0 Å². The molecule has 28 heavy (non-hydrogen) atoms. The second kappa shape index (κ2) is 6.70. The second-order valence-electron chi connectivity index (χ2n) is 6.42. The molecule has 0 amide bonds. The third kappa shape index (κ3) is 2.93. The SMILES string of the molecule is COc1ccc2oc(=Nc3ccccc3)c(-c3nc4ccccc4[nH]3)cc2c1. The van der Waals surface area contributed by atoms with Crippen LogP contribution in [0.25, 0.3) is 33.4 Å². The number of para-hydroxylation sites is 3. The molecule has 136 valence electrons. The van der Waals surface area contributed by atoms with Crippen LogP contribution < -0.4 is 10.3 Å². The molecule has 1 N–H and O–H groups in total. The van der Waals surface area contributed by atoms with Crippen molar-refractivity contribution in [3.8, 4) is 17.1 Å². The van der Waals surface area contributed by atoms with Gasteiger partial charge in [-0.3, -0.25) is 0 Å². The van der Waals surface area contributed by atoms with Crippen molar-refractivity contribution in [2.45, 2.75) is 0 Å². The lowest BCUT2D eigenvalue weighted by molar-refractivity contribution is 0.415. The molecule has 0 spiro atoms. The number of rotatable bonds is 3. The highest BCUT2D eigenvalue weighted by Gasteiger charge is 2.12. The number of benzene rings is 3. The van der Waals surface area contributed by atoms with Gasteiger partial charge < -0.3 is 14.1 Å². The van der Waals surface area contributed by atoms with Crippen molar-refractivity contribution < 1.29 is 9.15 Å². The molecule has 0 unspecified atom stereocenters. The molecule has 0 fully saturated rings. The molecule has 0 atom stereocenters. The Morgan fingerprint density at radius 1 is 0.929 bits per heavy atom. The quantitative estimate of drug-likeness (QED) is 0.476. The monoisotopic (exact) mass is 367 g/mol. The maximum absolute atomic E-state index is 6.16. The Balaban J connectivity index is 1.81. The van der Waals surface area contributed by atoms with E-state index in [0.29, 0.717) is 11.4 Å². The van der Waals surface area contributed by atoms with Gasteiger partial charge in [0.15, 0.2) is 0 Å². The van der Waals surface area contributed by atoms with E-state index in [2.05, 4.69) is 4.98 Å². The number of nitrogens with one attached hydrogen (secondary N) is 1. The first-order chi connectivity index (χ1) is 13.8. The molecule has 0 saturated heterocycles. The molecule has 0 aliphatic rings. The van der Waals surface area contributed by atoms with E-state index in [0.717, 1.165) is 39.0 Å². The van der Waals surface area contributed by atoms with Crippen LogP contribution in [-0.4, -0.2) is 17.1 Å². The molecule has 5 rings (SSSR count). The standard InChI is InChI=1S/C23H17N3O2/c1-27-17-11-12-21-15(13-17)14-18(22-25-19-9-5-6-10-20(19)26-22)23(28-21)24-16-7-3-2-4-8-16/h2-14H,1H3,(H,25,26). The van der Waals surface area contributed by atoms with Crippen molar-refractivity contribution in [3.63, 3.8) is 0 Å². The normalized spacial score (nSPS) is 12.0. The van der Waals surface area contributed by atoms with Gasteiger partial charge in [0.1, 0.15) is 17.2 Å². The lowest BCUT2D eigenvalue weighted by Gasteiger charge is -2.05. The van der Waals surface area contributed by atoms with Gasteiger partial charge in [0.25, 0.3) is 0 Å². The Morgan fingerprint density at radius 3 is 2.57 bits per heavy atom. The molecular formula is C23H17N3O2. The zero-order valence-corrected chi connectivity index (χ0v) is 15.2. The highest BCUT2D eigenvalue weighted by molar-refractivity contribution is 5.84. The van der Waals surface area contributed by atoms with Crippen molar-refractivity contribution in [3.05, 3.63) is 84.4 Å². The molecule has 0 radical (unpaired) electrons. The van der Waals surface area contributed by atoms with Gasteiger partial charge in [-0.25, -0.2) is 9.98 Å². The molecule has 0 aliphatic carbocycles. The summed E-state index contributed by atoms with van der Waals surface area (Å²) in [6.45, 7) is 0. The van der Waals surface area contributed by atoms with Crippen molar-refractivity contribution in [2.24, 2.45) is 4.99 Å². The number of ether oxygens (including phenoxy) is 1. The van der Waals surface area contributed by atoms with Crippen LogP contribution in [0.1, 0.15) is 0 Å². The summed E-state index contributed by atoms with van der Waals surface area (Å²) in [6, 6.07) is 25.4. The van der Waals surface area contributed by atoms with Crippen molar-refractivity contribution >= 4 is 27.7 Å². The van der Waals surface area contributed by atoms with Crippen molar-refractivity contribution in [1.29, 1.82) is 0 Å². The molecule has 5 heteroatoms. The Morgan fingerprint density at radius 2 is 1.75 bits per heavy atom. The molecule has 3 aromatic carbocycles. The Labute approximate surface area is 161 Å². The molecule has 2 heterocycles. The number of nitrogens with zero attached hydrogens (tertiary/aromatic N) is 2. The fourth-order valence-corrected chi connectivity index (χ4v) is 3.19. The zero-order valence-electron chi connectivity index (χ0n) is 15.2. The number of hydrogen-bond donors (Lipinski definition) is 1. The number of H-pyrrole nitrogens is 1. The third-order valence-corrected chi connectivity index (χ3v) is 4.59. The predicted molar refractivity (Wildman–Crippen MR) is 110 cm³/mol. The molecule has 0 saturated carbocycles. The van der Waals surface area contributed by atoms with Crippen LogP contribution in [0.15, 0.2) is 88.3 Å². The average Bonchev–Trinajstić information content (AvgIpc) is 3.18. The van der Waals surface area contributed by atoms with E-state index in [4.69, 9.17) is 19.1 Å². The lowest BCUT2D eigenvalue weighted by Crippen LogP contribution is -2.06. The van der Waals surface area contributed by atoms with Crippen LogP contribution in [0.3, 0.4) is 0 Å². The molecule has 5 nitrogen and oxygen atoms in total. The van der Waals surface area contributed by atoms with Gasteiger partial charge in [-0.05, 0) is 48.5 Å². The summed E-state index contributed by atoms with van der Waals surface area (Å²) < 4.78 is 11.5. The summed E-state index contributed by atoms with van der Waals surface area (Å²) in [4.78, 5) is 12.8. The molecule has 2 aromatic heterocycles. The highest BCUT2D eigenvalue weighted by Crippen LogP contribution is 2.25. The number of hydrogen-bond acceptors (Lipinski definition) is 4. The Bertz CT molecular complexity index is 1320. The van der Waals surface area contributed by atoms with Gasteiger partial charge >= 0.3 is 0 Å². The maximum Gasteiger partial charge on any atom is 0.230 e. The topological polar surface area (TPSA) is 63.4 Å². The number of imidazole rings is 1. The van der Waals surface area contributed by atoms with Gasteiger partial charge in [0, 0.05) is 5.39 Å².